The van der Waals surface area contributed by atoms with E-state index in [-0.39, 0.29) is 17.8 Å². The fourth-order valence-electron chi connectivity index (χ4n) is 2.36. The molecule has 19 heavy (non-hydrogen) atoms. The molecular weight excluding hydrogens is 357 g/mol. The van der Waals surface area contributed by atoms with E-state index in [2.05, 4.69) is 22.6 Å². The Labute approximate surface area is 129 Å². The van der Waals surface area contributed by atoms with E-state index in [1.54, 1.807) is 0 Å². The lowest BCUT2D eigenvalue weighted by molar-refractivity contribution is -0.149. The molecule has 0 saturated heterocycles. The number of ether oxygens (including phenoxy) is 1. The first-order valence-electron chi connectivity index (χ1n) is 7.18. The lowest BCUT2D eigenvalue weighted by atomic mass is 10.0. The van der Waals surface area contributed by atoms with E-state index in [0.717, 1.165) is 44.9 Å². The smallest absolute Gasteiger partial charge is 0.308 e. The van der Waals surface area contributed by atoms with Crippen LogP contribution in [0.2, 0.25) is 0 Å². The van der Waals surface area contributed by atoms with Gasteiger partial charge < -0.3 is 10.5 Å². The number of rotatable bonds is 7. The van der Waals surface area contributed by atoms with Gasteiger partial charge in [0.05, 0.1) is 12.5 Å². The molecule has 5 heteroatoms. The van der Waals surface area contributed by atoms with Crippen molar-refractivity contribution in [2.45, 2.75) is 61.7 Å². The first-order chi connectivity index (χ1) is 9.09. The third-order valence-corrected chi connectivity index (χ3v) is 4.79. The number of hydrogen-bond acceptors (Lipinski definition) is 3. The summed E-state index contributed by atoms with van der Waals surface area (Å²) in [6.07, 6.45) is 8.33. The largest absolute Gasteiger partial charge is 0.465 e. The number of carbonyl (C=O) groups excluding carboxylic acids is 2. The van der Waals surface area contributed by atoms with Gasteiger partial charge in [-0.2, -0.15) is 0 Å². The number of esters is 1. The van der Waals surface area contributed by atoms with E-state index in [1.165, 1.54) is 6.42 Å². The number of nitrogens with two attached hydrogens (primary N) is 1. The maximum atomic E-state index is 11.9. The molecule has 1 saturated carbocycles. The van der Waals surface area contributed by atoms with Gasteiger partial charge in [-0.1, -0.05) is 29.0 Å². The van der Waals surface area contributed by atoms with Gasteiger partial charge in [-0.05, 0) is 44.9 Å². The number of alkyl halides is 1. The fraction of sp³-hybridized carbons (Fsp3) is 0.857. The van der Waals surface area contributed by atoms with Crippen molar-refractivity contribution < 1.29 is 14.3 Å². The van der Waals surface area contributed by atoms with Crippen molar-refractivity contribution in [1.82, 2.24) is 0 Å². The second-order valence-corrected chi connectivity index (χ2v) is 7.01. The Morgan fingerprint density at radius 3 is 2.63 bits per heavy atom. The predicted octanol–water partition coefficient (Wildman–Crippen LogP) is 2.96. The minimum atomic E-state index is -0.260. The molecule has 2 atom stereocenters. The Morgan fingerprint density at radius 2 is 1.89 bits per heavy atom. The molecule has 1 fully saturated rings. The van der Waals surface area contributed by atoms with Crippen LogP contribution in [0.3, 0.4) is 0 Å². The third kappa shape index (κ3) is 7.74. The Morgan fingerprint density at radius 1 is 1.11 bits per heavy atom. The van der Waals surface area contributed by atoms with Crippen LogP contribution in [0, 0.1) is 5.92 Å². The summed E-state index contributed by atoms with van der Waals surface area (Å²) in [6, 6.07) is 0. The van der Waals surface area contributed by atoms with Crippen LogP contribution in [0.15, 0.2) is 0 Å². The molecule has 1 aliphatic rings. The molecule has 1 aliphatic carbocycles. The van der Waals surface area contributed by atoms with Crippen LogP contribution in [0.4, 0.5) is 0 Å². The van der Waals surface area contributed by atoms with E-state index in [1.807, 2.05) is 0 Å². The number of halogens is 1. The van der Waals surface area contributed by atoms with E-state index >= 15 is 0 Å². The molecule has 0 radical (unpaired) electrons. The second-order valence-electron chi connectivity index (χ2n) is 5.25. The minimum absolute atomic E-state index is 0.0274. The van der Waals surface area contributed by atoms with Crippen LogP contribution >= 0.6 is 22.6 Å². The van der Waals surface area contributed by atoms with Gasteiger partial charge >= 0.3 is 5.97 Å². The summed E-state index contributed by atoms with van der Waals surface area (Å²) in [7, 11) is 0. The first kappa shape index (κ1) is 16.7. The molecule has 4 nitrogen and oxygen atoms in total. The highest BCUT2D eigenvalue weighted by Gasteiger charge is 2.23. The van der Waals surface area contributed by atoms with Crippen LogP contribution in [-0.4, -0.2) is 22.4 Å². The third-order valence-electron chi connectivity index (χ3n) is 3.54. The van der Waals surface area contributed by atoms with Gasteiger partial charge in [0.1, 0.15) is 0 Å². The predicted molar refractivity (Wildman–Crippen MR) is 83.0 cm³/mol. The van der Waals surface area contributed by atoms with Crippen LogP contribution < -0.4 is 5.73 Å². The second kappa shape index (κ2) is 9.55. The van der Waals surface area contributed by atoms with Crippen LogP contribution in [0.25, 0.3) is 0 Å². The van der Waals surface area contributed by atoms with Crippen LogP contribution in [0.1, 0.15) is 57.8 Å². The monoisotopic (exact) mass is 381 g/mol. The van der Waals surface area contributed by atoms with Gasteiger partial charge in [-0.3, -0.25) is 9.59 Å². The molecule has 0 aromatic heterocycles. The van der Waals surface area contributed by atoms with E-state index in [4.69, 9.17) is 10.5 Å². The van der Waals surface area contributed by atoms with Gasteiger partial charge in [0.15, 0.2) is 0 Å². The quantitative estimate of drug-likeness (QED) is 0.242. The summed E-state index contributed by atoms with van der Waals surface area (Å²) in [6.45, 7) is 0.474. The normalized spacial score (nSPS) is 23.6. The summed E-state index contributed by atoms with van der Waals surface area (Å²) in [4.78, 5) is 22.4. The molecule has 2 N–H and O–H groups in total. The van der Waals surface area contributed by atoms with Crippen LogP contribution in [0.5, 0.6) is 0 Å². The number of unbranched alkanes of at least 4 members (excludes halogenated alkanes) is 2. The highest BCUT2D eigenvalue weighted by molar-refractivity contribution is 14.1. The van der Waals surface area contributed by atoms with Crippen molar-refractivity contribution in [1.29, 1.82) is 0 Å². The lowest BCUT2D eigenvalue weighted by Gasteiger charge is -2.13. The van der Waals surface area contributed by atoms with Gasteiger partial charge in [0.2, 0.25) is 5.91 Å². The zero-order chi connectivity index (χ0) is 14.1. The Kier molecular flexibility index (Phi) is 8.41. The van der Waals surface area contributed by atoms with E-state index in [9.17, 15) is 9.59 Å². The van der Waals surface area contributed by atoms with Gasteiger partial charge in [-0.25, -0.2) is 0 Å². The molecule has 110 valence electrons. The highest BCUT2D eigenvalue weighted by atomic mass is 127. The molecule has 0 bridgehead atoms. The molecular formula is C14H24INO3. The summed E-state index contributed by atoms with van der Waals surface area (Å²) in [5, 5.41) is 0. The number of primary amides is 1. The molecule has 0 heterocycles. The van der Waals surface area contributed by atoms with Crippen molar-refractivity contribution in [3.63, 3.8) is 0 Å². The van der Waals surface area contributed by atoms with Crippen molar-refractivity contribution in [2.75, 3.05) is 6.61 Å². The van der Waals surface area contributed by atoms with Gasteiger partial charge in [0, 0.05) is 10.3 Å². The minimum Gasteiger partial charge on any atom is -0.465 e. The van der Waals surface area contributed by atoms with E-state index in [0.29, 0.717) is 17.0 Å². The maximum Gasteiger partial charge on any atom is 0.308 e. The first-order valence-corrected chi connectivity index (χ1v) is 8.43. The number of amides is 1. The van der Waals surface area contributed by atoms with Gasteiger partial charge in [0.25, 0.3) is 0 Å². The summed E-state index contributed by atoms with van der Waals surface area (Å²) < 4.78 is 6.03. The SMILES string of the molecule is NC(=O)CCCCCOC(=O)C1CCCC(I)CC1. The molecule has 0 spiro atoms. The van der Waals surface area contributed by atoms with Crippen molar-refractivity contribution >= 4 is 34.5 Å². The summed E-state index contributed by atoms with van der Waals surface area (Å²) in [5.74, 6) is -0.186. The van der Waals surface area contributed by atoms with Crippen molar-refractivity contribution in [3.8, 4) is 0 Å². The van der Waals surface area contributed by atoms with Crippen LogP contribution in [-0.2, 0) is 14.3 Å². The average Bonchev–Trinajstić information content (AvgIpc) is 2.58. The molecule has 1 amide bonds. The summed E-state index contributed by atoms with van der Waals surface area (Å²) in [5.41, 5.74) is 5.05. The zero-order valence-electron chi connectivity index (χ0n) is 11.4. The Bertz CT molecular complexity index is 296. The number of hydrogen-bond donors (Lipinski definition) is 1. The van der Waals surface area contributed by atoms with E-state index < -0.39 is 0 Å². The number of carbonyl (C=O) groups is 2. The fourth-order valence-corrected chi connectivity index (χ4v) is 3.16. The Balaban J connectivity index is 2.08. The molecule has 0 aromatic carbocycles. The maximum absolute atomic E-state index is 11.9. The summed E-state index contributed by atoms with van der Waals surface area (Å²) >= 11 is 2.47. The lowest BCUT2D eigenvalue weighted by Crippen LogP contribution is -2.18. The zero-order valence-corrected chi connectivity index (χ0v) is 13.6. The Hall–Kier alpha value is -0.330. The molecule has 2 unspecified atom stereocenters. The molecule has 1 rings (SSSR count). The molecule has 0 aromatic rings. The highest BCUT2D eigenvalue weighted by Crippen LogP contribution is 2.28. The average molecular weight is 381 g/mol. The van der Waals surface area contributed by atoms with Gasteiger partial charge in [-0.15, -0.1) is 0 Å². The van der Waals surface area contributed by atoms with Crippen molar-refractivity contribution in [3.05, 3.63) is 0 Å². The topological polar surface area (TPSA) is 69.4 Å². The standard InChI is InChI=1S/C14H24INO3/c15-12-6-4-5-11(8-9-12)14(18)19-10-3-1-2-7-13(16)17/h11-12H,1-10H2,(H2,16,17). The van der Waals surface area contributed by atoms with Crippen molar-refractivity contribution in [2.24, 2.45) is 11.7 Å². The molecule has 0 aliphatic heterocycles.